The molecule has 0 N–H and O–H groups in total. The van der Waals surface area contributed by atoms with E-state index in [-0.39, 0.29) is 5.82 Å². The second kappa shape index (κ2) is 5.63. The molecule has 0 saturated heterocycles. The molecule has 0 saturated carbocycles. The van der Waals surface area contributed by atoms with Gasteiger partial charge in [-0.25, -0.2) is 4.39 Å². The Balaban J connectivity index is 2.08. The first-order valence-corrected chi connectivity index (χ1v) is 6.15. The number of hydrogen-bond acceptors (Lipinski definition) is 0. The third-order valence-electron chi connectivity index (χ3n) is 2.99. The van der Waals surface area contributed by atoms with Crippen LogP contribution in [0, 0.1) is 12.7 Å². The van der Waals surface area contributed by atoms with Gasteiger partial charge in [0.15, 0.2) is 0 Å². The predicted octanol–water partition coefficient (Wildman–Crippen LogP) is 4.56. The van der Waals surface area contributed by atoms with E-state index < -0.39 is 0 Å². The molecule has 0 heterocycles. The smallest absolute Gasteiger partial charge is 0.123 e. The number of aryl methyl sites for hydroxylation is 3. The van der Waals surface area contributed by atoms with Crippen molar-refractivity contribution in [1.82, 2.24) is 0 Å². The minimum atomic E-state index is -0.148. The predicted molar refractivity (Wildman–Crippen MR) is 75.1 cm³/mol. The molecule has 92 valence electrons. The average Bonchev–Trinajstić information content (AvgIpc) is 2.35. The Bertz CT molecular complexity index is 535. The van der Waals surface area contributed by atoms with Crippen molar-refractivity contribution in [3.8, 4) is 0 Å². The van der Waals surface area contributed by atoms with Crippen molar-refractivity contribution in [2.75, 3.05) is 0 Å². The summed E-state index contributed by atoms with van der Waals surface area (Å²) in [6.07, 6.45) is 3.62. The molecule has 0 nitrogen and oxygen atoms in total. The van der Waals surface area contributed by atoms with Gasteiger partial charge in [0.05, 0.1) is 0 Å². The molecule has 0 amide bonds. The van der Waals surface area contributed by atoms with Crippen molar-refractivity contribution in [2.24, 2.45) is 0 Å². The Hall–Kier alpha value is -1.89. The topological polar surface area (TPSA) is 0 Å². The molecule has 1 heteroatoms. The standard InChI is InChI=1S/C17H17F/c1-3-14-5-4-6-15(11-14)7-8-16-9-13(2)10-17(18)12-16/h3-6,9-12H,1,7-8H2,2H3. The fourth-order valence-electron chi connectivity index (χ4n) is 2.12. The second-order valence-electron chi connectivity index (χ2n) is 4.59. The van der Waals surface area contributed by atoms with Crippen LogP contribution in [0.5, 0.6) is 0 Å². The Morgan fingerprint density at radius 1 is 1.06 bits per heavy atom. The van der Waals surface area contributed by atoms with Gasteiger partial charge >= 0.3 is 0 Å². The minimum absolute atomic E-state index is 0.148. The van der Waals surface area contributed by atoms with Crippen molar-refractivity contribution in [3.63, 3.8) is 0 Å². The van der Waals surface area contributed by atoms with Gasteiger partial charge in [0, 0.05) is 0 Å². The summed E-state index contributed by atoms with van der Waals surface area (Å²) in [7, 11) is 0. The van der Waals surface area contributed by atoms with Crippen LogP contribution in [0.3, 0.4) is 0 Å². The van der Waals surface area contributed by atoms with Crippen molar-refractivity contribution in [1.29, 1.82) is 0 Å². The molecule has 2 aromatic carbocycles. The Morgan fingerprint density at radius 2 is 1.83 bits per heavy atom. The summed E-state index contributed by atoms with van der Waals surface area (Å²) in [5, 5.41) is 0. The number of rotatable bonds is 4. The lowest BCUT2D eigenvalue weighted by Gasteiger charge is -2.05. The minimum Gasteiger partial charge on any atom is -0.207 e. The van der Waals surface area contributed by atoms with Gasteiger partial charge in [-0.05, 0) is 54.2 Å². The Morgan fingerprint density at radius 3 is 2.56 bits per heavy atom. The number of halogens is 1. The molecule has 0 fully saturated rings. The van der Waals surface area contributed by atoms with Gasteiger partial charge in [0.25, 0.3) is 0 Å². The third-order valence-corrected chi connectivity index (χ3v) is 2.99. The molecule has 0 atom stereocenters. The summed E-state index contributed by atoms with van der Waals surface area (Å²) in [5.74, 6) is -0.148. The van der Waals surface area contributed by atoms with Crippen LogP contribution in [0.25, 0.3) is 6.08 Å². The number of benzene rings is 2. The Kier molecular flexibility index (Phi) is 3.93. The molecular formula is C17H17F. The second-order valence-corrected chi connectivity index (χ2v) is 4.59. The lowest BCUT2D eigenvalue weighted by molar-refractivity contribution is 0.624. The largest absolute Gasteiger partial charge is 0.207 e. The molecular weight excluding hydrogens is 223 g/mol. The summed E-state index contributed by atoms with van der Waals surface area (Å²) < 4.78 is 13.3. The molecule has 0 radical (unpaired) electrons. The van der Waals surface area contributed by atoms with Gasteiger partial charge < -0.3 is 0 Å². The van der Waals surface area contributed by atoms with Gasteiger partial charge in [0.2, 0.25) is 0 Å². The van der Waals surface area contributed by atoms with Crippen LogP contribution in [-0.2, 0) is 12.8 Å². The van der Waals surface area contributed by atoms with Crippen molar-refractivity contribution in [3.05, 3.63) is 77.1 Å². The van der Waals surface area contributed by atoms with Gasteiger partial charge in [-0.3, -0.25) is 0 Å². The first kappa shape index (κ1) is 12.6. The van der Waals surface area contributed by atoms with Gasteiger partial charge in [-0.1, -0.05) is 43.0 Å². The maximum absolute atomic E-state index is 13.3. The van der Waals surface area contributed by atoms with E-state index in [1.807, 2.05) is 31.2 Å². The highest BCUT2D eigenvalue weighted by atomic mass is 19.1. The van der Waals surface area contributed by atoms with E-state index in [4.69, 9.17) is 0 Å². The van der Waals surface area contributed by atoms with E-state index in [0.29, 0.717) is 0 Å². The summed E-state index contributed by atoms with van der Waals surface area (Å²) in [5.41, 5.74) is 4.42. The van der Waals surface area contributed by atoms with Gasteiger partial charge in [0.1, 0.15) is 5.82 Å². The quantitative estimate of drug-likeness (QED) is 0.734. The molecule has 0 aromatic heterocycles. The molecule has 0 bridgehead atoms. The summed E-state index contributed by atoms with van der Waals surface area (Å²) in [6, 6.07) is 13.5. The fraction of sp³-hybridized carbons (Fsp3) is 0.176. The van der Waals surface area contributed by atoms with Crippen LogP contribution in [0.15, 0.2) is 49.0 Å². The van der Waals surface area contributed by atoms with Crippen molar-refractivity contribution < 1.29 is 4.39 Å². The zero-order chi connectivity index (χ0) is 13.0. The van der Waals surface area contributed by atoms with Crippen LogP contribution < -0.4 is 0 Å². The lowest BCUT2D eigenvalue weighted by Crippen LogP contribution is -1.93. The Labute approximate surface area is 108 Å². The van der Waals surface area contributed by atoms with E-state index in [1.54, 1.807) is 12.1 Å². The molecule has 0 aliphatic heterocycles. The molecule has 18 heavy (non-hydrogen) atoms. The third kappa shape index (κ3) is 3.30. The molecule has 0 spiro atoms. The monoisotopic (exact) mass is 240 g/mol. The van der Waals surface area contributed by atoms with E-state index in [2.05, 4.69) is 18.7 Å². The maximum atomic E-state index is 13.3. The van der Waals surface area contributed by atoms with Crippen molar-refractivity contribution in [2.45, 2.75) is 19.8 Å². The van der Waals surface area contributed by atoms with E-state index >= 15 is 0 Å². The summed E-state index contributed by atoms with van der Waals surface area (Å²) in [6.45, 7) is 5.69. The highest BCUT2D eigenvalue weighted by molar-refractivity contribution is 5.48. The zero-order valence-corrected chi connectivity index (χ0v) is 10.6. The van der Waals surface area contributed by atoms with Crippen LogP contribution >= 0.6 is 0 Å². The fourth-order valence-corrected chi connectivity index (χ4v) is 2.12. The maximum Gasteiger partial charge on any atom is 0.123 e. The van der Waals surface area contributed by atoms with E-state index in [9.17, 15) is 4.39 Å². The van der Waals surface area contributed by atoms with Crippen molar-refractivity contribution >= 4 is 6.08 Å². The van der Waals surface area contributed by atoms with Crippen LogP contribution in [0.2, 0.25) is 0 Å². The SMILES string of the molecule is C=Cc1cccc(CCc2cc(C)cc(F)c2)c1. The summed E-state index contributed by atoms with van der Waals surface area (Å²) >= 11 is 0. The lowest BCUT2D eigenvalue weighted by atomic mass is 10.0. The van der Waals surface area contributed by atoms with Crippen LogP contribution in [-0.4, -0.2) is 0 Å². The zero-order valence-electron chi connectivity index (χ0n) is 10.6. The molecule has 2 aromatic rings. The van der Waals surface area contributed by atoms with Crippen LogP contribution in [0.4, 0.5) is 4.39 Å². The highest BCUT2D eigenvalue weighted by Gasteiger charge is 2.00. The molecule has 0 aliphatic carbocycles. The average molecular weight is 240 g/mol. The van der Waals surface area contributed by atoms with E-state index in [1.165, 1.54) is 5.56 Å². The first-order valence-electron chi connectivity index (χ1n) is 6.15. The highest BCUT2D eigenvalue weighted by Crippen LogP contribution is 2.13. The normalized spacial score (nSPS) is 10.3. The first-order chi connectivity index (χ1) is 8.67. The molecule has 2 rings (SSSR count). The molecule has 0 aliphatic rings. The van der Waals surface area contributed by atoms with Gasteiger partial charge in [-0.15, -0.1) is 0 Å². The van der Waals surface area contributed by atoms with E-state index in [0.717, 1.165) is 29.5 Å². The molecule has 0 unspecified atom stereocenters. The summed E-state index contributed by atoms with van der Waals surface area (Å²) in [4.78, 5) is 0. The van der Waals surface area contributed by atoms with Gasteiger partial charge in [-0.2, -0.15) is 0 Å². The number of hydrogen-bond donors (Lipinski definition) is 0. The van der Waals surface area contributed by atoms with Crippen LogP contribution in [0.1, 0.15) is 22.3 Å².